The van der Waals surface area contributed by atoms with Crippen molar-refractivity contribution in [2.45, 2.75) is 64.0 Å². The first-order valence-electron chi connectivity index (χ1n) is 10.1. The summed E-state index contributed by atoms with van der Waals surface area (Å²) in [7, 11) is 0. The van der Waals surface area contributed by atoms with E-state index in [1.165, 1.54) is 31.4 Å². The van der Waals surface area contributed by atoms with Crippen molar-refractivity contribution < 1.29 is 23.1 Å². The van der Waals surface area contributed by atoms with Gasteiger partial charge in [0.2, 0.25) is 11.8 Å². The van der Waals surface area contributed by atoms with Crippen molar-refractivity contribution in [2.75, 3.05) is 13.1 Å². The van der Waals surface area contributed by atoms with E-state index in [0.29, 0.717) is 13.1 Å². The Morgan fingerprint density at radius 1 is 1.07 bits per heavy atom. The predicted octanol–water partition coefficient (Wildman–Crippen LogP) is 3.52. The molecule has 0 radical (unpaired) electrons. The Labute approximate surface area is 164 Å². The summed E-state index contributed by atoms with van der Waals surface area (Å²) < 4.78 is 28.7. The predicted molar refractivity (Wildman–Crippen MR) is 101 cm³/mol. The molecule has 1 saturated heterocycles. The van der Waals surface area contributed by atoms with E-state index in [9.17, 15) is 18.4 Å². The molecular formula is C21H28F2N2O3. The highest BCUT2D eigenvalue weighted by atomic mass is 19.3. The first-order valence-corrected chi connectivity index (χ1v) is 10.1. The highest BCUT2D eigenvalue weighted by molar-refractivity contribution is 5.82. The molecule has 2 fully saturated rings. The van der Waals surface area contributed by atoms with Crippen molar-refractivity contribution >= 4 is 11.8 Å². The van der Waals surface area contributed by atoms with Crippen LogP contribution >= 0.6 is 0 Å². The smallest absolute Gasteiger partial charge is 0.387 e. The Hall–Kier alpha value is -2.18. The first-order chi connectivity index (χ1) is 13.5. The van der Waals surface area contributed by atoms with Crippen molar-refractivity contribution in [3.63, 3.8) is 0 Å². The van der Waals surface area contributed by atoms with Crippen LogP contribution < -0.4 is 10.1 Å². The van der Waals surface area contributed by atoms with Crippen LogP contribution in [0.25, 0.3) is 0 Å². The number of likely N-dealkylation sites (tertiary alicyclic amines) is 1. The molecule has 1 aromatic carbocycles. The lowest BCUT2D eigenvalue weighted by atomic mass is 9.93. The SMILES string of the molecule is O=C(NC1CCCCC1)C1CCCN(C(=O)Cc2ccc(OC(F)F)cc2)C1. The van der Waals surface area contributed by atoms with E-state index in [1.807, 2.05) is 0 Å². The van der Waals surface area contributed by atoms with Gasteiger partial charge >= 0.3 is 6.61 Å². The van der Waals surface area contributed by atoms with E-state index in [4.69, 9.17) is 0 Å². The highest BCUT2D eigenvalue weighted by Crippen LogP contribution is 2.22. The summed E-state index contributed by atoms with van der Waals surface area (Å²) in [6.45, 7) is -1.76. The number of halogens is 2. The lowest BCUT2D eigenvalue weighted by molar-refractivity contribution is -0.135. The van der Waals surface area contributed by atoms with E-state index < -0.39 is 6.61 Å². The van der Waals surface area contributed by atoms with Crippen LogP contribution in [0, 0.1) is 5.92 Å². The van der Waals surface area contributed by atoms with E-state index in [1.54, 1.807) is 17.0 Å². The van der Waals surface area contributed by atoms with Gasteiger partial charge in [0.05, 0.1) is 12.3 Å². The summed E-state index contributed by atoms with van der Waals surface area (Å²) in [5, 5.41) is 3.17. The van der Waals surface area contributed by atoms with E-state index >= 15 is 0 Å². The number of carbonyl (C=O) groups is 2. The minimum atomic E-state index is -2.86. The number of rotatable bonds is 6. The first kappa shape index (κ1) is 20.6. The number of benzene rings is 1. The van der Waals surface area contributed by atoms with Crippen LogP contribution in [-0.4, -0.2) is 42.5 Å². The number of hydrogen-bond acceptors (Lipinski definition) is 3. The van der Waals surface area contributed by atoms with Crippen LogP contribution in [0.3, 0.4) is 0 Å². The van der Waals surface area contributed by atoms with Gasteiger partial charge < -0.3 is 15.0 Å². The zero-order valence-corrected chi connectivity index (χ0v) is 16.0. The number of hydrogen-bond donors (Lipinski definition) is 1. The van der Waals surface area contributed by atoms with Crippen LogP contribution in [0.1, 0.15) is 50.5 Å². The van der Waals surface area contributed by atoms with Crippen molar-refractivity contribution in [3.05, 3.63) is 29.8 Å². The Bertz CT molecular complexity index is 660. The lowest BCUT2D eigenvalue weighted by Crippen LogP contribution is -2.48. The van der Waals surface area contributed by atoms with Crippen LogP contribution in [0.5, 0.6) is 5.75 Å². The Balaban J connectivity index is 1.50. The van der Waals surface area contributed by atoms with Gasteiger partial charge in [0.25, 0.3) is 0 Å². The summed E-state index contributed by atoms with van der Waals surface area (Å²) in [5.41, 5.74) is 0.736. The summed E-state index contributed by atoms with van der Waals surface area (Å²) in [5.74, 6) is -0.0549. The van der Waals surface area contributed by atoms with Gasteiger partial charge in [-0.3, -0.25) is 9.59 Å². The third kappa shape index (κ3) is 5.91. The van der Waals surface area contributed by atoms with Gasteiger partial charge in [-0.2, -0.15) is 8.78 Å². The zero-order valence-electron chi connectivity index (χ0n) is 16.0. The molecule has 2 aliphatic rings. The Morgan fingerprint density at radius 3 is 2.46 bits per heavy atom. The summed E-state index contributed by atoms with van der Waals surface area (Å²) >= 11 is 0. The molecule has 1 aliphatic heterocycles. The van der Waals surface area contributed by atoms with E-state index in [0.717, 1.165) is 31.2 Å². The van der Waals surface area contributed by atoms with Gasteiger partial charge in [0.15, 0.2) is 0 Å². The molecule has 1 heterocycles. The minimum absolute atomic E-state index is 0.0438. The Kier molecular flexibility index (Phi) is 7.23. The number of ether oxygens (including phenoxy) is 1. The lowest BCUT2D eigenvalue weighted by Gasteiger charge is -2.33. The van der Waals surface area contributed by atoms with Gasteiger partial charge in [-0.05, 0) is 43.4 Å². The summed E-state index contributed by atoms with van der Waals surface area (Å²) in [6.07, 6.45) is 7.48. The van der Waals surface area contributed by atoms with Crippen LogP contribution in [-0.2, 0) is 16.0 Å². The number of carbonyl (C=O) groups excluding carboxylic acids is 2. The third-order valence-corrected chi connectivity index (χ3v) is 5.60. The maximum atomic E-state index is 12.6. The summed E-state index contributed by atoms with van der Waals surface area (Å²) in [4.78, 5) is 27.0. The number of amides is 2. The molecule has 3 rings (SSSR count). The molecule has 1 N–H and O–H groups in total. The van der Waals surface area contributed by atoms with Gasteiger partial charge in [-0.15, -0.1) is 0 Å². The highest BCUT2D eigenvalue weighted by Gasteiger charge is 2.29. The standard InChI is InChI=1S/C21H28F2N2O3/c22-21(23)28-18-10-8-15(9-11-18)13-19(26)25-12-4-5-16(14-25)20(27)24-17-6-2-1-3-7-17/h8-11,16-17,21H,1-7,12-14H2,(H,24,27). The normalized spacial score (nSPS) is 20.8. The second-order valence-corrected chi connectivity index (χ2v) is 7.72. The van der Waals surface area contributed by atoms with Gasteiger partial charge in [-0.1, -0.05) is 31.4 Å². The average Bonchev–Trinajstić information content (AvgIpc) is 2.70. The van der Waals surface area contributed by atoms with Crippen LogP contribution in [0.4, 0.5) is 8.78 Å². The largest absolute Gasteiger partial charge is 0.435 e. The van der Waals surface area contributed by atoms with Crippen molar-refractivity contribution in [1.82, 2.24) is 10.2 Å². The molecule has 0 bridgehead atoms. The maximum absolute atomic E-state index is 12.6. The fourth-order valence-electron chi connectivity index (χ4n) is 4.06. The fourth-order valence-corrected chi connectivity index (χ4v) is 4.06. The molecule has 28 heavy (non-hydrogen) atoms. The fraction of sp³-hybridized carbons (Fsp3) is 0.619. The molecule has 0 aromatic heterocycles. The molecule has 154 valence electrons. The van der Waals surface area contributed by atoms with Crippen molar-refractivity contribution in [3.8, 4) is 5.75 Å². The number of nitrogens with zero attached hydrogens (tertiary/aromatic N) is 1. The van der Waals surface area contributed by atoms with Crippen LogP contribution in [0.15, 0.2) is 24.3 Å². The van der Waals surface area contributed by atoms with Crippen molar-refractivity contribution in [1.29, 1.82) is 0 Å². The average molecular weight is 394 g/mol. The molecular weight excluding hydrogens is 366 g/mol. The molecule has 2 amide bonds. The molecule has 7 heteroatoms. The van der Waals surface area contributed by atoms with Gasteiger partial charge in [0, 0.05) is 19.1 Å². The number of alkyl halides is 2. The maximum Gasteiger partial charge on any atom is 0.387 e. The monoisotopic (exact) mass is 394 g/mol. The molecule has 1 unspecified atom stereocenters. The van der Waals surface area contributed by atoms with Crippen LogP contribution in [0.2, 0.25) is 0 Å². The van der Waals surface area contributed by atoms with Gasteiger partial charge in [0.1, 0.15) is 5.75 Å². The summed E-state index contributed by atoms with van der Waals surface area (Å²) in [6, 6.07) is 6.39. The quantitative estimate of drug-likeness (QED) is 0.803. The Morgan fingerprint density at radius 2 is 1.79 bits per heavy atom. The third-order valence-electron chi connectivity index (χ3n) is 5.60. The van der Waals surface area contributed by atoms with E-state index in [-0.39, 0.29) is 35.9 Å². The molecule has 1 saturated carbocycles. The van der Waals surface area contributed by atoms with E-state index in [2.05, 4.69) is 10.1 Å². The molecule has 5 nitrogen and oxygen atoms in total. The second kappa shape index (κ2) is 9.85. The van der Waals surface area contributed by atoms with Gasteiger partial charge in [-0.25, -0.2) is 0 Å². The molecule has 1 aromatic rings. The molecule has 0 spiro atoms. The van der Waals surface area contributed by atoms with Crippen molar-refractivity contribution in [2.24, 2.45) is 5.92 Å². The molecule has 1 atom stereocenters. The topological polar surface area (TPSA) is 58.6 Å². The second-order valence-electron chi connectivity index (χ2n) is 7.72. The number of nitrogens with one attached hydrogen (secondary N) is 1. The molecule has 1 aliphatic carbocycles. The minimum Gasteiger partial charge on any atom is -0.435 e. The number of piperidine rings is 1. The zero-order chi connectivity index (χ0) is 19.9.